The van der Waals surface area contributed by atoms with Crippen LogP contribution in [0.5, 0.6) is 0 Å². The van der Waals surface area contributed by atoms with Gasteiger partial charge >= 0.3 is 6.16 Å². The van der Waals surface area contributed by atoms with E-state index >= 15 is 0 Å². The lowest BCUT2D eigenvalue weighted by atomic mass is 11.1. The average Bonchev–Trinajstić information content (AvgIpc) is 1.61. The molecular weight excluding hydrogens is 119 g/mol. The molecule has 0 atom stereocenters. The number of carboxylic acid groups (broad SMARTS) is 1. The zero-order chi connectivity index (χ0) is 5.70. The molecule has 0 unspecified atom stereocenters. The first kappa shape index (κ1) is 6.30. The van der Waals surface area contributed by atoms with E-state index in [0.29, 0.717) is 0 Å². The fraction of sp³-hybridized carbons (Fsp3) is 0. The van der Waals surface area contributed by atoms with Crippen LogP contribution in [0.2, 0.25) is 0 Å². The highest BCUT2D eigenvalue weighted by Crippen LogP contribution is 1.80. The van der Waals surface area contributed by atoms with Crippen LogP contribution in [0.3, 0.4) is 0 Å². The molecule has 0 spiro atoms. The maximum Gasteiger partial charge on any atom is 0.510 e. The molecule has 4 heteroatoms. The van der Waals surface area contributed by atoms with E-state index in [9.17, 15) is 4.79 Å². The zero-order valence-corrected chi connectivity index (χ0v) is 4.05. The molecule has 0 aromatic heterocycles. The average molecular weight is 123 g/mol. The lowest BCUT2D eigenvalue weighted by molar-refractivity contribution is 0.128. The molecule has 0 heterocycles. The van der Waals surface area contributed by atoms with Gasteiger partial charge in [0.2, 0.25) is 0 Å². The van der Waals surface area contributed by atoms with Crippen molar-refractivity contribution in [2.24, 2.45) is 0 Å². The number of halogens is 1. The van der Waals surface area contributed by atoms with Crippen LogP contribution in [0.15, 0.2) is 11.8 Å². The Morgan fingerprint density at radius 2 is 2.43 bits per heavy atom. The zero-order valence-electron chi connectivity index (χ0n) is 3.30. The number of carbonyl (C=O) groups is 1. The SMILES string of the molecule is O=C(O)O/C=C/Cl. The van der Waals surface area contributed by atoms with Crippen molar-refractivity contribution in [3.8, 4) is 0 Å². The highest BCUT2D eigenvalue weighted by Gasteiger charge is 1.85. The van der Waals surface area contributed by atoms with Gasteiger partial charge in [-0.3, -0.25) is 0 Å². The van der Waals surface area contributed by atoms with E-state index < -0.39 is 6.16 Å². The Labute approximate surface area is 45.2 Å². The van der Waals surface area contributed by atoms with E-state index in [0.717, 1.165) is 11.8 Å². The van der Waals surface area contributed by atoms with E-state index in [2.05, 4.69) is 4.74 Å². The molecule has 0 aliphatic carbocycles. The smallest absolute Gasteiger partial charge is 0.449 e. The van der Waals surface area contributed by atoms with E-state index in [1.54, 1.807) is 0 Å². The van der Waals surface area contributed by atoms with Crippen molar-refractivity contribution in [2.45, 2.75) is 0 Å². The molecule has 0 amide bonds. The van der Waals surface area contributed by atoms with E-state index in [4.69, 9.17) is 16.7 Å². The number of ether oxygens (including phenoxy) is 1. The lowest BCUT2D eigenvalue weighted by Crippen LogP contribution is -1.90. The van der Waals surface area contributed by atoms with Crippen LogP contribution < -0.4 is 0 Å². The quantitative estimate of drug-likeness (QED) is 0.422. The molecule has 0 aliphatic heterocycles. The molecule has 0 bridgehead atoms. The summed E-state index contributed by atoms with van der Waals surface area (Å²) in [6, 6.07) is 0. The van der Waals surface area contributed by atoms with Crippen molar-refractivity contribution in [3.63, 3.8) is 0 Å². The Bertz CT molecular complexity index is 88.2. The van der Waals surface area contributed by atoms with Crippen LogP contribution >= 0.6 is 11.6 Å². The highest BCUT2D eigenvalue weighted by atomic mass is 35.5. The van der Waals surface area contributed by atoms with Gasteiger partial charge in [-0.25, -0.2) is 4.79 Å². The van der Waals surface area contributed by atoms with Gasteiger partial charge < -0.3 is 9.84 Å². The third-order valence-electron chi connectivity index (χ3n) is 0.220. The standard InChI is InChI=1S/C3H3ClO3/c4-1-2-7-3(5)6/h1-2H,(H,5,6)/b2-1+. The summed E-state index contributed by atoms with van der Waals surface area (Å²) >= 11 is 4.88. The summed E-state index contributed by atoms with van der Waals surface area (Å²) < 4.78 is 3.80. The van der Waals surface area contributed by atoms with Crippen LogP contribution in [0, 0.1) is 0 Å². The Morgan fingerprint density at radius 1 is 1.86 bits per heavy atom. The van der Waals surface area contributed by atoms with Crippen LogP contribution in [0.25, 0.3) is 0 Å². The minimum atomic E-state index is -1.36. The molecule has 0 fully saturated rings. The normalized spacial score (nSPS) is 9.29. The fourth-order valence-corrected chi connectivity index (χ4v) is 0.135. The van der Waals surface area contributed by atoms with Gasteiger partial charge in [0.15, 0.2) is 0 Å². The minimum absolute atomic E-state index is 0.865. The van der Waals surface area contributed by atoms with Crippen LogP contribution in [0.4, 0.5) is 4.79 Å². The molecule has 0 saturated carbocycles. The number of hydrogen-bond donors (Lipinski definition) is 1. The first-order valence-corrected chi connectivity index (χ1v) is 1.86. The molecule has 0 aliphatic rings. The summed E-state index contributed by atoms with van der Waals surface area (Å²) in [4.78, 5) is 9.43. The topological polar surface area (TPSA) is 46.5 Å². The Kier molecular flexibility index (Phi) is 3.14. The monoisotopic (exact) mass is 122 g/mol. The van der Waals surface area contributed by atoms with Crippen LogP contribution in [-0.4, -0.2) is 11.3 Å². The molecule has 0 aromatic carbocycles. The number of hydrogen-bond acceptors (Lipinski definition) is 2. The molecular formula is C3H3ClO3. The fourth-order valence-electron chi connectivity index (χ4n) is 0.0839. The number of rotatable bonds is 1. The Morgan fingerprint density at radius 3 is 2.57 bits per heavy atom. The minimum Gasteiger partial charge on any atom is -0.449 e. The van der Waals surface area contributed by atoms with Crippen LogP contribution in [0.1, 0.15) is 0 Å². The molecule has 0 rings (SSSR count). The second-order valence-corrected chi connectivity index (χ2v) is 0.898. The molecule has 1 N–H and O–H groups in total. The van der Waals surface area contributed by atoms with Gasteiger partial charge in [0.05, 0.1) is 0 Å². The summed E-state index contributed by atoms with van der Waals surface area (Å²) in [5, 5.41) is 7.71. The van der Waals surface area contributed by atoms with Gasteiger partial charge in [-0.15, -0.1) is 0 Å². The highest BCUT2D eigenvalue weighted by molar-refractivity contribution is 6.25. The third-order valence-corrected chi connectivity index (χ3v) is 0.323. The first-order chi connectivity index (χ1) is 3.27. The molecule has 0 saturated heterocycles. The molecule has 40 valence electrons. The summed E-state index contributed by atoms with van der Waals surface area (Å²) in [5.74, 6) is 0. The van der Waals surface area contributed by atoms with E-state index in [1.165, 1.54) is 0 Å². The van der Waals surface area contributed by atoms with E-state index in [-0.39, 0.29) is 0 Å². The maximum atomic E-state index is 9.43. The summed E-state index contributed by atoms with van der Waals surface area (Å²) in [6.45, 7) is 0. The summed E-state index contributed by atoms with van der Waals surface area (Å²) in [5.41, 5.74) is 0.966. The van der Waals surface area contributed by atoms with Crippen molar-refractivity contribution in [3.05, 3.63) is 11.8 Å². The maximum absolute atomic E-state index is 9.43. The van der Waals surface area contributed by atoms with Gasteiger partial charge in [0.1, 0.15) is 6.26 Å². The molecule has 0 radical (unpaired) electrons. The molecule has 7 heavy (non-hydrogen) atoms. The van der Waals surface area contributed by atoms with Crippen molar-refractivity contribution in [1.82, 2.24) is 0 Å². The second-order valence-electron chi connectivity index (χ2n) is 0.646. The largest absolute Gasteiger partial charge is 0.510 e. The Balaban J connectivity index is 3.14. The summed E-state index contributed by atoms with van der Waals surface area (Å²) in [6.07, 6.45) is -0.499. The Hall–Kier alpha value is -0.700. The summed E-state index contributed by atoms with van der Waals surface area (Å²) in [7, 11) is 0. The van der Waals surface area contributed by atoms with E-state index in [1.807, 2.05) is 0 Å². The predicted molar refractivity (Wildman–Crippen MR) is 24.1 cm³/mol. The predicted octanol–water partition coefficient (Wildman–Crippen LogP) is 1.39. The van der Waals surface area contributed by atoms with Gasteiger partial charge in [0.25, 0.3) is 0 Å². The van der Waals surface area contributed by atoms with Crippen LogP contribution in [-0.2, 0) is 4.74 Å². The van der Waals surface area contributed by atoms with Gasteiger partial charge in [-0.1, -0.05) is 11.6 Å². The molecule has 0 aromatic rings. The van der Waals surface area contributed by atoms with Crippen molar-refractivity contribution < 1.29 is 14.6 Å². The first-order valence-electron chi connectivity index (χ1n) is 1.42. The lowest BCUT2D eigenvalue weighted by Gasteiger charge is -1.82. The van der Waals surface area contributed by atoms with Gasteiger partial charge in [-0.2, -0.15) is 0 Å². The second kappa shape index (κ2) is 3.49. The van der Waals surface area contributed by atoms with Gasteiger partial charge in [0, 0.05) is 5.54 Å². The van der Waals surface area contributed by atoms with Crippen molar-refractivity contribution in [1.29, 1.82) is 0 Å². The van der Waals surface area contributed by atoms with Crippen molar-refractivity contribution in [2.75, 3.05) is 0 Å². The molecule has 3 nitrogen and oxygen atoms in total. The van der Waals surface area contributed by atoms with Crippen molar-refractivity contribution >= 4 is 17.8 Å². The third kappa shape index (κ3) is 5.30. The van der Waals surface area contributed by atoms with Gasteiger partial charge in [-0.05, 0) is 0 Å².